The number of alkyl carbamates (subject to hydrolysis) is 1. The molecular weight excluding hydrogens is 392 g/mol. The highest BCUT2D eigenvalue weighted by Gasteiger charge is 2.28. The molecule has 0 aliphatic rings. The number of fused-ring (bicyclic) bond motifs is 1. The molecule has 31 heavy (non-hydrogen) atoms. The van der Waals surface area contributed by atoms with Crippen LogP contribution in [0.2, 0.25) is 0 Å². The Morgan fingerprint density at radius 1 is 0.871 bits per heavy atom. The van der Waals surface area contributed by atoms with E-state index in [0.29, 0.717) is 17.8 Å². The number of amides is 1. The molecule has 2 N–H and O–H groups in total. The fourth-order valence-corrected chi connectivity index (χ4v) is 3.41. The number of hydrogen-bond acceptors (Lipinski definition) is 5. The number of hydrogen-bond donors (Lipinski definition) is 2. The number of methoxy groups -OCH3 is 2. The van der Waals surface area contributed by atoms with E-state index in [1.165, 1.54) is 14.2 Å². The van der Waals surface area contributed by atoms with Crippen LogP contribution in [0.4, 0.5) is 4.79 Å². The van der Waals surface area contributed by atoms with Crippen molar-refractivity contribution in [3.05, 3.63) is 95.2 Å². The Morgan fingerprint density at radius 3 is 2.23 bits per heavy atom. The monoisotopic (exact) mass is 418 g/mol. The van der Waals surface area contributed by atoms with Crippen molar-refractivity contribution in [2.75, 3.05) is 14.2 Å². The molecule has 0 aliphatic heterocycles. The van der Waals surface area contributed by atoms with Gasteiger partial charge in [-0.1, -0.05) is 66.7 Å². The summed E-state index contributed by atoms with van der Waals surface area (Å²) in [6.45, 7) is 2.32. The molecule has 0 radical (unpaired) electrons. The highest BCUT2D eigenvalue weighted by Crippen LogP contribution is 2.28. The molecule has 6 nitrogen and oxygen atoms in total. The summed E-state index contributed by atoms with van der Waals surface area (Å²) in [5.74, 6) is -0.535. The Kier molecular flexibility index (Phi) is 7.27. The van der Waals surface area contributed by atoms with Gasteiger partial charge in [-0.05, 0) is 34.9 Å². The van der Waals surface area contributed by atoms with E-state index < -0.39 is 18.1 Å². The van der Waals surface area contributed by atoms with Crippen molar-refractivity contribution in [1.82, 2.24) is 10.6 Å². The minimum Gasteiger partial charge on any atom is -0.466 e. The van der Waals surface area contributed by atoms with Crippen LogP contribution < -0.4 is 10.6 Å². The minimum atomic E-state index is -0.757. The molecule has 160 valence electrons. The van der Waals surface area contributed by atoms with E-state index in [1.54, 1.807) is 6.92 Å². The van der Waals surface area contributed by atoms with Crippen molar-refractivity contribution in [1.29, 1.82) is 0 Å². The predicted molar refractivity (Wildman–Crippen MR) is 120 cm³/mol. The number of carbonyl (C=O) groups excluding carboxylic acids is 2. The van der Waals surface area contributed by atoms with Crippen LogP contribution in [0, 0.1) is 0 Å². The summed E-state index contributed by atoms with van der Waals surface area (Å²) < 4.78 is 9.88. The summed E-state index contributed by atoms with van der Waals surface area (Å²) in [5, 5.41) is 8.12. The Bertz CT molecular complexity index is 1090. The second kappa shape index (κ2) is 10.3. The molecule has 3 rings (SSSR count). The first-order valence-electron chi connectivity index (χ1n) is 9.93. The lowest BCUT2D eigenvalue weighted by molar-refractivity contribution is -0.136. The Morgan fingerprint density at radius 2 is 1.55 bits per heavy atom. The van der Waals surface area contributed by atoms with Gasteiger partial charge in [0, 0.05) is 12.2 Å². The number of ether oxygens (including phenoxy) is 2. The van der Waals surface area contributed by atoms with E-state index in [4.69, 9.17) is 9.47 Å². The van der Waals surface area contributed by atoms with Gasteiger partial charge in [-0.15, -0.1) is 0 Å². The van der Waals surface area contributed by atoms with Gasteiger partial charge in [0.15, 0.2) is 0 Å². The van der Waals surface area contributed by atoms with Crippen molar-refractivity contribution in [2.45, 2.75) is 19.5 Å². The van der Waals surface area contributed by atoms with Crippen LogP contribution in [0.15, 0.2) is 84.1 Å². The quantitative estimate of drug-likeness (QED) is 0.437. The fourth-order valence-electron chi connectivity index (χ4n) is 3.41. The van der Waals surface area contributed by atoms with Gasteiger partial charge in [0.25, 0.3) is 0 Å². The molecule has 0 aromatic heterocycles. The summed E-state index contributed by atoms with van der Waals surface area (Å²) in [7, 11) is 2.61. The molecule has 0 saturated carbocycles. The van der Waals surface area contributed by atoms with Gasteiger partial charge in [-0.2, -0.15) is 0 Å². The van der Waals surface area contributed by atoms with Crippen molar-refractivity contribution < 1.29 is 19.1 Å². The van der Waals surface area contributed by atoms with E-state index in [0.717, 1.165) is 21.9 Å². The molecule has 0 bridgehead atoms. The molecule has 0 saturated heterocycles. The van der Waals surface area contributed by atoms with Crippen LogP contribution in [0.3, 0.4) is 0 Å². The number of allylic oxidation sites excluding steroid dienone is 1. The first-order valence-corrected chi connectivity index (χ1v) is 9.93. The summed E-state index contributed by atoms with van der Waals surface area (Å²) in [6.07, 6.45) is -0.643. The maximum absolute atomic E-state index is 12.8. The van der Waals surface area contributed by atoms with Crippen LogP contribution >= 0.6 is 0 Å². The topological polar surface area (TPSA) is 76.7 Å². The number of nitrogens with one attached hydrogen (secondary N) is 2. The minimum absolute atomic E-state index is 0.305. The Balaban J connectivity index is 2.03. The summed E-state index contributed by atoms with van der Waals surface area (Å²) in [4.78, 5) is 24.9. The van der Waals surface area contributed by atoms with Gasteiger partial charge in [0.2, 0.25) is 0 Å². The molecule has 0 aliphatic carbocycles. The lowest BCUT2D eigenvalue weighted by Crippen LogP contribution is -2.34. The van der Waals surface area contributed by atoms with Crippen LogP contribution in [-0.4, -0.2) is 26.3 Å². The molecule has 1 unspecified atom stereocenters. The molecular formula is C25H26N2O4. The predicted octanol–water partition coefficient (Wildman–Crippen LogP) is 4.47. The molecule has 3 aromatic carbocycles. The van der Waals surface area contributed by atoms with Gasteiger partial charge in [-0.3, -0.25) is 0 Å². The average Bonchev–Trinajstić information content (AvgIpc) is 2.82. The summed E-state index contributed by atoms with van der Waals surface area (Å²) in [5.41, 5.74) is 2.71. The standard InChI is InChI=1S/C25H26N2O4/c1-17(26-16-18-9-5-4-6-10-18)22(24(28)30-2)23(27-25(29)31-3)21-14-13-19-11-7-8-12-20(19)15-21/h4-15,23,26H,16H2,1-3H3,(H,27,29)/b22-17+. The van der Waals surface area contributed by atoms with Crippen molar-refractivity contribution in [3.8, 4) is 0 Å². The van der Waals surface area contributed by atoms with Crippen LogP contribution in [0.1, 0.15) is 24.1 Å². The second-order valence-corrected chi connectivity index (χ2v) is 7.04. The molecule has 3 aromatic rings. The highest BCUT2D eigenvalue weighted by atomic mass is 16.5. The van der Waals surface area contributed by atoms with E-state index in [9.17, 15) is 9.59 Å². The van der Waals surface area contributed by atoms with Gasteiger partial charge < -0.3 is 20.1 Å². The maximum atomic E-state index is 12.8. The van der Waals surface area contributed by atoms with E-state index in [-0.39, 0.29) is 0 Å². The zero-order valence-electron chi connectivity index (χ0n) is 17.8. The first-order chi connectivity index (χ1) is 15.0. The Labute approximate surface area is 181 Å². The Hall–Kier alpha value is -3.80. The normalized spacial score (nSPS) is 12.5. The van der Waals surface area contributed by atoms with Gasteiger partial charge >= 0.3 is 12.1 Å². The SMILES string of the molecule is COC(=O)NC(/C(C(=O)OC)=C(/C)NCc1ccccc1)c1ccc2ccccc2c1. The molecule has 0 fully saturated rings. The highest BCUT2D eigenvalue weighted by molar-refractivity contribution is 5.92. The lowest BCUT2D eigenvalue weighted by atomic mass is 9.94. The summed E-state index contributed by atoms with van der Waals surface area (Å²) >= 11 is 0. The third-order valence-electron chi connectivity index (χ3n) is 5.05. The van der Waals surface area contributed by atoms with Crippen molar-refractivity contribution in [2.24, 2.45) is 0 Å². The maximum Gasteiger partial charge on any atom is 0.407 e. The molecule has 0 spiro atoms. The van der Waals surface area contributed by atoms with Gasteiger partial charge in [0.05, 0.1) is 25.8 Å². The first kappa shape index (κ1) is 21.9. The van der Waals surface area contributed by atoms with Crippen LogP contribution in [0.25, 0.3) is 10.8 Å². The number of rotatable bonds is 7. The van der Waals surface area contributed by atoms with Gasteiger partial charge in [0.1, 0.15) is 0 Å². The van der Waals surface area contributed by atoms with Crippen molar-refractivity contribution >= 4 is 22.8 Å². The summed E-state index contributed by atoms with van der Waals surface area (Å²) in [6, 6.07) is 22.8. The van der Waals surface area contributed by atoms with E-state index in [1.807, 2.05) is 72.8 Å². The van der Waals surface area contributed by atoms with E-state index >= 15 is 0 Å². The zero-order valence-corrected chi connectivity index (χ0v) is 17.8. The zero-order chi connectivity index (χ0) is 22.2. The average molecular weight is 418 g/mol. The van der Waals surface area contributed by atoms with E-state index in [2.05, 4.69) is 10.6 Å². The number of carbonyl (C=O) groups is 2. The largest absolute Gasteiger partial charge is 0.466 e. The molecule has 1 atom stereocenters. The third-order valence-corrected chi connectivity index (χ3v) is 5.05. The fraction of sp³-hybridized carbons (Fsp3) is 0.200. The van der Waals surface area contributed by atoms with Gasteiger partial charge in [-0.25, -0.2) is 9.59 Å². The smallest absolute Gasteiger partial charge is 0.407 e. The molecule has 1 amide bonds. The molecule has 0 heterocycles. The van der Waals surface area contributed by atoms with Crippen LogP contribution in [-0.2, 0) is 20.8 Å². The number of benzene rings is 3. The number of esters is 1. The third kappa shape index (κ3) is 5.42. The van der Waals surface area contributed by atoms with Crippen LogP contribution in [0.5, 0.6) is 0 Å². The lowest BCUT2D eigenvalue weighted by Gasteiger charge is -2.23. The second-order valence-electron chi connectivity index (χ2n) is 7.04. The van der Waals surface area contributed by atoms with Crippen molar-refractivity contribution in [3.63, 3.8) is 0 Å². The molecule has 6 heteroatoms.